The molecule has 0 aliphatic rings. The fourth-order valence-electron chi connectivity index (χ4n) is 4.19. The molecule has 2 heterocycles. The maximum atomic E-state index is 11.4. The number of benzene rings is 3. The predicted molar refractivity (Wildman–Crippen MR) is 135 cm³/mol. The molecule has 35 heavy (non-hydrogen) atoms. The molecule has 0 spiro atoms. The molecule has 2 aromatic heterocycles. The Hall–Kier alpha value is -4.42. The van der Waals surface area contributed by atoms with Gasteiger partial charge in [-0.1, -0.05) is 30.3 Å². The first-order chi connectivity index (χ1) is 17.1. The van der Waals surface area contributed by atoms with E-state index in [1.807, 2.05) is 66.7 Å². The smallest absolute Gasteiger partial charge is 0.307 e. The zero-order chi connectivity index (χ0) is 24.2. The fraction of sp³-hybridized carbons (Fsp3) is 0.103. The molecule has 3 N–H and O–H groups in total. The van der Waals surface area contributed by atoms with Crippen molar-refractivity contribution in [2.75, 3.05) is 0 Å². The summed E-state index contributed by atoms with van der Waals surface area (Å²) in [5.74, 6) is -0.367. The Kier molecular flexibility index (Phi) is 6.28. The van der Waals surface area contributed by atoms with Crippen LogP contribution in [0.1, 0.15) is 16.7 Å². The van der Waals surface area contributed by atoms with E-state index in [1.165, 1.54) is 0 Å². The van der Waals surface area contributed by atoms with E-state index in [-0.39, 0.29) is 13.0 Å². The van der Waals surface area contributed by atoms with Gasteiger partial charge in [-0.2, -0.15) is 0 Å². The molecular formula is C29H24N2O4. The van der Waals surface area contributed by atoms with E-state index in [4.69, 9.17) is 14.9 Å². The van der Waals surface area contributed by atoms with Crippen molar-refractivity contribution >= 4 is 16.9 Å². The number of carboxylic acids is 1. The zero-order valence-corrected chi connectivity index (χ0v) is 19.0. The molecule has 5 aromatic rings. The highest BCUT2D eigenvalue weighted by atomic mass is 16.5. The van der Waals surface area contributed by atoms with Crippen LogP contribution in [0.3, 0.4) is 0 Å². The summed E-state index contributed by atoms with van der Waals surface area (Å²) in [7, 11) is 0. The number of carboxylic acid groups (broad SMARTS) is 1. The lowest BCUT2D eigenvalue weighted by atomic mass is 9.99. The van der Waals surface area contributed by atoms with Gasteiger partial charge in [-0.05, 0) is 70.3 Å². The fourth-order valence-corrected chi connectivity index (χ4v) is 4.19. The molecule has 6 heteroatoms. The number of nitrogens with zero attached hydrogens (tertiary/aromatic N) is 1. The lowest BCUT2D eigenvalue weighted by Crippen LogP contribution is -2.04. The van der Waals surface area contributed by atoms with Gasteiger partial charge in [0.1, 0.15) is 17.9 Å². The third-order valence-corrected chi connectivity index (χ3v) is 5.90. The molecule has 174 valence electrons. The number of furan rings is 1. The van der Waals surface area contributed by atoms with Crippen molar-refractivity contribution in [3.63, 3.8) is 0 Å². The molecule has 0 aliphatic heterocycles. The van der Waals surface area contributed by atoms with Gasteiger partial charge in [0.15, 0.2) is 0 Å². The molecule has 0 atom stereocenters. The van der Waals surface area contributed by atoms with E-state index in [1.54, 1.807) is 18.7 Å². The molecule has 5 rings (SSSR count). The van der Waals surface area contributed by atoms with Crippen molar-refractivity contribution < 1.29 is 19.1 Å². The van der Waals surface area contributed by atoms with E-state index < -0.39 is 5.97 Å². The SMILES string of the molecule is NCc1cccc(-c2cc(COc3cc(-c4ccncc4)ccc3CC(=O)O)cc3ccoc23)c1. The second kappa shape index (κ2) is 9.83. The number of nitrogens with two attached hydrogens (primary N) is 1. The Morgan fingerprint density at radius 1 is 0.914 bits per heavy atom. The molecule has 0 saturated carbocycles. The first kappa shape index (κ1) is 22.4. The van der Waals surface area contributed by atoms with Crippen LogP contribution in [-0.4, -0.2) is 16.1 Å². The summed E-state index contributed by atoms with van der Waals surface area (Å²) < 4.78 is 12.0. The Morgan fingerprint density at radius 2 is 1.77 bits per heavy atom. The van der Waals surface area contributed by atoms with E-state index >= 15 is 0 Å². The van der Waals surface area contributed by atoms with Gasteiger partial charge in [0.05, 0.1) is 12.7 Å². The minimum atomic E-state index is -0.909. The zero-order valence-electron chi connectivity index (χ0n) is 19.0. The minimum Gasteiger partial charge on any atom is -0.489 e. The standard InChI is InChI=1S/C29H24N2O4/c30-17-19-2-1-3-23(12-19)26-14-20(13-25-8-11-34-29(25)26)18-35-27-15-22(21-6-9-31-10-7-21)4-5-24(27)16-28(32)33/h1-15H,16-18,30H2,(H,32,33). The van der Waals surface area contributed by atoms with Gasteiger partial charge in [-0.25, -0.2) is 0 Å². The molecule has 0 fully saturated rings. The van der Waals surface area contributed by atoms with Gasteiger partial charge in [-0.3, -0.25) is 9.78 Å². The quantitative estimate of drug-likeness (QED) is 0.300. The normalized spacial score (nSPS) is 11.0. The average Bonchev–Trinajstić information content (AvgIpc) is 3.36. The average molecular weight is 465 g/mol. The largest absolute Gasteiger partial charge is 0.489 e. The Labute approximate surface area is 202 Å². The first-order valence-corrected chi connectivity index (χ1v) is 11.3. The second-order valence-electron chi connectivity index (χ2n) is 8.30. The molecule has 0 amide bonds. The van der Waals surface area contributed by atoms with Crippen LogP contribution in [0.2, 0.25) is 0 Å². The second-order valence-corrected chi connectivity index (χ2v) is 8.30. The Bertz CT molecular complexity index is 1490. The van der Waals surface area contributed by atoms with Crippen LogP contribution < -0.4 is 10.5 Å². The highest BCUT2D eigenvalue weighted by Crippen LogP contribution is 2.33. The maximum Gasteiger partial charge on any atom is 0.307 e. The van der Waals surface area contributed by atoms with Crippen molar-refractivity contribution in [3.8, 4) is 28.0 Å². The van der Waals surface area contributed by atoms with E-state index in [0.29, 0.717) is 17.9 Å². The monoisotopic (exact) mass is 464 g/mol. The highest BCUT2D eigenvalue weighted by molar-refractivity contribution is 5.93. The lowest BCUT2D eigenvalue weighted by Gasteiger charge is -2.14. The molecule has 3 aromatic carbocycles. The number of hydrogen-bond acceptors (Lipinski definition) is 5. The van der Waals surface area contributed by atoms with Crippen LogP contribution in [0.5, 0.6) is 5.75 Å². The van der Waals surface area contributed by atoms with Crippen molar-refractivity contribution in [2.24, 2.45) is 5.73 Å². The number of fused-ring (bicyclic) bond motifs is 1. The molecular weight excluding hydrogens is 440 g/mol. The summed E-state index contributed by atoms with van der Waals surface area (Å²) in [4.78, 5) is 15.5. The van der Waals surface area contributed by atoms with Gasteiger partial charge < -0.3 is 20.0 Å². The number of carbonyl (C=O) groups is 1. The third kappa shape index (κ3) is 4.93. The number of aromatic nitrogens is 1. The number of pyridine rings is 1. The van der Waals surface area contributed by atoms with Crippen LogP contribution >= 0.6 is 0 Å². The molecule has 0 aliphatic carbocycles. The van der Waals surface area contributed by atoms with Gasteiger partial charge in [0.25, 0.3) is 0 Å². The Balaban J connectivity index is 1.49. The summed E-state index contributed by atoms with van der Waals surface area (Å²) in [6, 6.07) is 23.5. The number of aliphatic carboxylic acids is 1. The summed E-state index contributed by atoms with van der Waals surface area (Å²) >= 11 is 0. The van der Waals surface area contributed by atoms with E-state index in [0.717, 1.165) is 44.3 Å². The van der Waals surface area contributed by atoms with E-state index in [9.17, 15) is 9.90 Å². The van der Waals surface area contributed by atoms with Gasteiger partial charge in [0, 0.05) is 35.5 Å². The number of ether oxygens (including phenoxy) is 1. The van der Waals surface area contributed by atoms with Crippen molar-refractivity contribution in [2.45, 2.75) is 19.6 Å². The topological polar surface area (TPSA) is 98.6 Å². The van der Waals surface area contributed by atoms with Crippen LogP contribution in [0.4, 0.5) is 0 Å². The first-order valence-electron chi connectivity index (χ1n) is 11.3. The number of rotatable bonds is 8. The molecule has 0 unspecified atom stereocenters. The predicted octanol–water partition coefficient (Wildman–Crippen LogP) is 5.83. The number of hydrogen-bond donors (Lipinski definition) is 2. The maximum absolute atomic E-state index is 11.4. The molecule has 6 nitrogen and oxygen atoms in total. The van der Waals surface area contributed by atoms with Crippen molar-refractivity contribution in [1.82, 2.24) is 4.98 Å². The summed E-state index contributed by atoms with van der Waals surface area (Å²) in [6.07, 6.45) is 5.00. The third-order valence-electron chi connectivity index (χ3n) is 5.90. The van der Waals surface area contributed by atoms with Crippen molar-refractivity contribution in [3.05, 3.63) is 108 Å². The van der Waals surface area contributed by atoms with Crippen molar-refractivity contribution in [1.29, 1.82) is 0 Å². The van der Waals surface area contributed by atoms with Crippen LogP contribution in [0.15, 0.2) is 95.9 Å². The molecule has 0 bridgehead atoms. The van der Waals surface area contributed by atoms with Gasteiger partial charge in [0.2, 0.25) is 0 Å². The van der Waals surface area contributed by atoms with E-state index in [2.05, 4.69) is 11.1 Å². The molecule has 0 saturated heterocycles. The summed E-state index contributed by atoms with van der Waals surface area (Å²) in [5.41, 5.74) is 13.1. The van der Waals surface area contributed by atoms with Gasteiger partial charge in [-0.15, -0.1) is 0 Å². The highest BCUT2D eigenvalue weighted by Gasteiger charge is 2.13. The summed E-state index contributed by atoms with van der Waals surface area (Å²) in [5, 5.41) is 10.3. The Morgan fingerprint density at radius 3 is 2.57 bits per heavy atom. The lowest BCUT2D eigenvalue weighted by molar-refractivity contribution is -0.136. The minimum absolute atomic E-state index is 0.121. The van der Waals surface area contributed by atoms with Crippen LogP contribution in [0, 0.1) is 0 Å². The summed E-state index contributed by atoms with van der Waals surface area (Å²) in [6.45, 7) is 0.731. The van der Waals surface area contributed by atoms with Crippen LogP contribution in [0.25, 0.3) is 33.2 Å². The molecule has 0 radical (unpaired) electrons. The van der Waals surface area contributed by atoms with Gasteiger partial charge >= 0.3 is 5.97 Å². The van der Waals surface area contributed by atoms with Crippen LogP contribution in [-0.2, 0) is 24.4 Å².